The highest BCUT2D eigenvalue weighted by molar-refractivity contribution is 5.97. The Labute approximate surface area is 181 Å². The van der Waals surface area contributed by atoms with E-state index in [0.29, 0.717) is 17.5 Å². The van der Waals surface area contributed by atoms with Crippen molar-refractivity contribution < 1.29 is 25.0 Å². The highest BCUT2D eigenvalue weighted by atomic mass is 16.5. The van der Waals surface area contributed by atoms with Gasteiger partial charge in [0.2, 0.25) is 0 Å². The van der Waals surface area contributed by atoms with E-state index in [1.807, 2.05) is 0 Å². The summed E-state index contributed by atoms with van der Waals surface area (Å²) in [6.07, 6.45) is 1.87. The van der Waals surface area contributed by atoms with Crippen LogP contribution in [0.15, 0.2) is 24.3 Å². The molecule has 0 spiro atoms. The molecule has 31 heavy (non-hydrogen) atoms. The van der Waals surface area contributed by atoms with E-state index in [0.717, 1.165) is 25.9 Å². The molecular formula is C23H27N3O5. The first kappa shape index (κ1) is 22.8. The number of carbonyl (C=O) groups is 2. The molecule has 1 unspecified atom stereocenters. The smallest absolute Gasteiger partial charge is 0.268 e. The van der Waals surface area contributed by atoms with Gasteiger partial charge in [-0.1, -0.05) is 11.8 Å². The van der Waals surface area contributed by atoms with Gasteiger partial charge in [-0.25, -0.2) is 5.48 Å². The minimum Gasteiger partial charge on any atom is -0.390 e. The quantitative estimate of drug-likeness (QED) is 0.255. The summed E-state index contributed by atoms with van der Waals surface area (Å²) in [6.45, 7) is 4.25. The summed E-state index contributed by atoms with van der Waals surface area (Å²) < 4.78 is 0. The third kappa shape index (κ3) is 5.84. The molecule has 1 atom stereocenters. The number of aliphatic hydroxyl groups excluding tert-OH is 1. The van der Waals surface area contributed by atoms with Crippen molar-refractivity contribution in [3.05, 3.63) is 35.4 Å². The van der Waals surface area contributed by atoms with E-state index in [9.17, 15) is 19.8 Å². The third-order valence-electron chi connectivity index (χ3n) is 5.57. The van der Waals surface area contributed by atoms with Crippen molar-refractivity contribution in [3.63, 3.8) is 0 Å². The van der Waals surface area contributed by atoms with Gasteiger partial charge in [0, 0.05) is 36.2 Å². The van der Waals surface area contributed by atoms with Crippen LogP contribution in [-0.4, -0.2) is 69.0 Å². The molecule has 1 aliphatic heterocycles. The number of likely N-dealkylation sites (tertiary alicyclic amines) is 1. The summed E-state index contributed by atoms with van der Waals surface area (Å²) in [7, 11) is 0. The number of nitrogens with one attached hydrogen (secondary N) is 2. The summed E-state index contributed by atoms with van der Waals surface area (Å²) in [5.41, 5.74) is 0.854. The molecule has 8 nitrogen and oxygen atoms in total. The molecule has 0 bridgehead atoms. The first-order chi connectivity index (χ1) is 14.7. The van der Waals surface area contributed by atoms with Crippen molar-refractivity contribution in [3.8, 4) is 23.7 Å². The number of amides is 2. The van der Waals surface area contributed by atoms with Crippen LogP contribution in [0.3, 0.4) is 0 Å². The van der Waals surface area contributed by atoms with Gasteiger partial charge in [-0.2, -0.15) is 0 Å². The summed E-state index contributed by atoms with van der Waals surface area (Å²) in [5, 5.41) is 30.6. The molecule has 2 amide bonds. The van der Waals surface area contributed by atoms with Crippen molar-refractivity contribution in [1.82, 2.24) is 15.7 Å². The first-order valence-corrected chi connectivity index (χ1v) is 10.2. The average molecular weight is 425 g/mol. The van der Waals surface area contributed by atoms with Crippen LogP contribution in [0.5, 0.6) is 0 Å². The molecule has 164 valence electrons. The summed E-state index contributed by atoms with van der Waals surface area (Å²) >= 11 is 0. The zero-order chi connectivity index (χ0) is 22.6. The zero-order valence-corrected chi connectivity index (χ0v) is 17.6. The fourth-order valence-corrected chi connectivity index (χ4v) is 3.58. The van der Waals surface area contributed by atoms with E-state index < -0.39 is 23.5 Å². The molecule has 1 saturated heterocycles. The Kier molecular flexibility index (Phi) is 6.99. The monoisotopic (exact) mass is 425 g/mol. The largest absolute Gasteiger partial charge is 0.390 e. The molecule has 0 aromatic heterocycles. The second kappa shape index (κ2) is 9.51. The van der Waals surface area contributed by atoms with E-state index in [4.69, 9.17) is 5.21 Å². The molecule has 8 heteroatoms. The van der Waals surface area contributed by atoms with E-state index in [1.54, 1.807) is 24.3 Å². The van der Waals surface area contributed by atoms with Gasteiger partial charge in [0.25, 0.3) is 11.8 Å². The lowest BCUT2D eigenvalue weighted by atomic mass is 9.78. The van der Waals surface area contributed by atoms with Crippen LogP contribution in [-0.2, 0) is 4.79 Å². The van der Waals surface area contributed by atoms with Crippen LogP contribution >= 0.6 is 0 Å². The predicted molar refractivity (Wildman–Crippen MR) is 113 cm³/mol. The number of hydrogen-bond acceptors (Lipinski definition) is 6. The molecule has 2 aliphatic rings. The molecule has 1 aliphatic carbocycles. The number of carbonyl (C=O) groups excluding carboxylic acids is 2. The van der Waals surface area contributed by atoms with Crippen LogP contribution in [0.4, 0.5) is 0 Å². The molecule has 1 aromatic carbocycles. The van der Waals surface area contributed by atoms with Crippen LogP contribution < -0.4 is 10.8 Å². The lowest BCUT2D eigenvalue weighted by Crippen LogP contribution is -2.58. The second-order valence-electron chi connectivity index (χ2n) is 8.56. The minimum atomic E-state index is -1.57. The summed E-state index contributed by atoms with van der Waals surface area (Å²) in [4.78, 5) is 26.4. The normalized spacial score (nSPS) is 21.8. The zero-order valence-electron chi connectivity index (χ0n) is 17.6. The van der Waals surface area contributed by atoms with Crippen LogP contribution in [0.1, 0.15) is 42.6 Å². The topological polar surface area (TPSA) is 122 Å². The van der Waals surface area contributed by atoms with Crippen LogP contribution in [0.2, 0.25) is 0 Å². The highest BCUT2D eigenvalue weighted by Gasteiger charge is 2.38. The first-order valence-electron chi connectivity index (χ1n) is 10.2. The van der Waals surface area contributed by atoms with Gasteiger partial charge < -0.3 is 15.5 Å². The van der Waals surface area contributed by atoms with Gasteiger partial charge in [-0.15, -0.1) is 0 Å². The molecule has 1 aromatic rings. The Morgan fingerprint density at radius 3 is 2.35 bits per heavy atom. The van der Waals surface area contributed by atoms with Crippen molar-refractivity contribution in [2.75, 3.05) is 13.1 Å². The molecular weight excluding hydrogens is 398 g/mol. The SMILES string of the molecule is CC(C)(O)C(NC(=O)c1ccc(C#CC#CC2CC(N3CC(O)C3)C2)cc1)C(=O)NO. The van der Waals surface area contributed by atoms with Gasteiger partial charge in [-0.3, -0.25) is 19.7 Å². The Bertz CT molecular complexity index is 934. The van der Waals surface area contributed by atoms with E-state index in [2.05, 4.69) is 33.9 Å². The van der Waals surface area contributed by atoms with E-state index >= 15 is 0 Å². The number of hydrogen-bond donors (Lipinski definition) is 5. The Hall–Kier alpha value is -2.88. The Balaban J connectivity index is 1.51. The van der Waals surface area contributed by atoms with E-state index in [-0.39, 0.29) is 11.7 Å². The summed E-state index contributed by atoms with van der Waals surface area (Å²) in [5.74, 6) is 10.7. The maximum atomic E-state index is 12.4. The van der Waals surface area contributed by atoms with Gasteiger partial charge in [0.05, 0.1) is 11.7 Å². The van der Waals surface area contributed by atoms with Gasteiger partial charge >= 0.3 is 0 Å². The molecule has 5 N–H and O–H groups in total. The molecule has 3 rings (SSSR count). The predicted octanol–water partition coefficient (Wildman–Crippen LogP) is -0.129. The molecule has 2 fully saturated rings. The maximum Gasteiger partial charge on any atom is 0.268 e. The number of hydroxylamine groups is 1. The number of aliphatic hydroxyl groups is 2. The second-order valence-corrected chi connectivity index (χ2v) is 8.56. The lowest BCUT2D eigenvalue weighted by molar-refractivity contribution is -0.136. The van der Waals surface area contributed by atoms with Crippen molar-refractivity contribution >= 4 is 11.8 Å². The number of β-amino-alcohol motifs (C(OH)–C–C–N with tert-alkyl or cyclic N) is 1. The summed E-state index contributed by atoms with van der Waals surface area (Å²) in [6, 6.07) is 5.67. The van der Waals surface area contributed by atoms with Crippen molar-refractivity contribution in [2.45, 2.75) is 50.5 Å². The molecule has 1 heterocycles. The lowest BCUT2D eigenvalue weighted by Gasteiger charge is -2.47. The van der Waals surface area contributed by atoms with E-state index in [1.165, 1.54) is 19.3 Å². The van der Waals surface area contributed by atoms with Crippen molar-refractivity contribution in [2.24, 2.45) is 5.92 Å². The minimum absolute atomic E-state index is 0.170. The Morgan fingerprint density at radius 2 is 1.81 bits per heavy atom. The van der Waals surface area contributed by atoms with Crippen LogP contribution in [0, 0.1) is 29.6 Å². The molecule has 0 radical (unpaired) electrons. The van der Waals surface area contributed by atoms with Crippen LogP contribution in [0.25, 0.3) is 0 Å². The standard InChI is InChI=1S/C23H27N3O5/c1-23(2,30)20(22(29)25-31)24-21(28)17-9-7-15(8-10-17)5-3-4-6-16-11-18(12-16)26-13-19(27)14-26/h7-10,16,18-20,27,30-31H,11-14H2,1-2H3,(H,24,28)(H,25,29). The fraction of sp³-hybridized carbons (Fsp3) is 0.478. The number of nitrogens with zero attached hydrogens (tertiary/aromatic N) is 1. The number of rotatable bonds is 5. The molecule has 1 saturated carbocycles. The van der Waals surface area contributed by atoms with Gasteiger partial charge in [-0.05, 0) is 62.8 Å². The number of benzene rings is 1. The fourth-order valence-electron chi connectivity index (χ4n) is 3.58. The van der Waals surface area contributed by atoms with Gasteiger partial charge in [0.15, 0.2) is 0 Å². The Morgan fingerprint density at radius 1 is 1.16 bits per heavy atom. The average Bonchev–Trinajstić information content (AvgIpc) is 2.67. The highest BCUT2D eigenvalue weighted by Crippen LogP contribution is 2.33. The third-order valence-corrected chi connectivity index (χ3v) is 5.57. The maximum absolute atomic E-state index is 12.4. The van der Waals surface area contributed by atoms with Gasteiger partial charge in [0.1, 0.15) is 6.04 Å². The van der Waals surface area contributed by atoms with Crippen molar-refractivity contribution in [1.29, 1.82) is 0 Å².